The first-order chi connectivity index (χ1) is 31.7. The van der Waals surface area contributed by atoms with Crippen molar-refractivity contribution >= 4 is 87.4 Å². The van der Waals surface area contributed by atoms with Crippen LogP contribution in [0.3, 0.4) is 0 Å². The van der Waals surface area contributed by atoms with Crippen LogP contribution in [0.15, 0.2) is 211 Å². The van der Waals surface area contributed by atoms with Gasteiger partial charge in [-0.25, -0.2) is 4.98 Å². The van der Waals surface area contributed by atoms with Gasteiger partial charge in [-0.2, -0.15) is 9.97 Å². The smallest absolute Gasteiger partial charge is 0.238 e. The lowest BCUT2D eigenvalue weighted by Crippen LogP contribution is -2.06. The maximum atomic E-state index is 6.35. The van der Waals surface area contributed by atoms with Gasteiger partial charge in [-0.3, -0.25) is 4.57 Å². The zero-order valence-corrected chi connectivity index (χ0v) is 34.2. The molecule has 7 heteroatoms. The summed E-state index contributed by atoms with van der Waals surface area (Å²) in [7, 11) is 0. The van der Waals surface area contributed by atoms with E-state index in [0.29, 0.717) is 17.6 Å². The molecule has 0 saturated heterocycles. The van der Waals surface area contributed by atoms with Crippen LogP contribution in [0.1, 0.15) is 0 Å². The number of nitrogens with zero attached hydrogens (tertiary/aromatic N) is 6. The third kappa shape index (κ3) is 5.00. The van der Waals surface area contributed by atoms with E-state index in [1.807, 2.05) is 48.5 Å². The quantitative estimate of drug-likeness (QED) is 0.173. The number of aromatic nitrogens is 6. The van der Waals surface area contributed by atoms with E-state index in [4.69, 9.17) is 19.4 Å². The van der Waals surface area contributed by atoms with Gasteiger partial charge in [-0.1, -0.05) is 133 Å². The Morgan fingerprint density at radius 3 is 1.42 bits per heavy atom. The summed E-state index contributed by atoms with van der Waals surface area (Å²) in [6, 6.07) is 72.6. The van der Waals surface area contributed by atoms with Crippen molar-refractivity contribution in [3.63, 3.8) is 0 Å². The average molecular weight is 819 g/mol. The summed E-state index contributed by atoms with van der Waals surface area (Å²) >= 11 is 0. The van der Waals surface area contributed by atoms with E-state index < -0.39 is 0 Å². The summed E-state index contributed by atoms with van der Waals surface area (Å²) in [6.07, 6.45) is 0. The molecule has 0 saturated carbocycles. The van der Waals surface area contributed by atoms with Gasteiger partial charge in [0.25, 0.3) is 0 Å². The van der Waals surface area contributed by atoms with Crippen molar-refractivity contribution < 1.29 is 4.42 Å². The van der Waals surface area contributed by atoms with E-state index in [9.17, 15) is 0 Å². The summed E-state index contributed by atoms with van der Waals surface area (Å²) in [5.41, 5.74) is 12.2. The number of benzene rings is 9. The molecular formula is C57H34N6O. The molecule has 64 heavy (non-hydrogen) atoms. The largest absolute Gasteiger partial charge is 0.456 e. The van der Waals surface area contributed by atoms with Gasteiger partial charge in [0.1, 0.15) is 11.2 Å². The zero-order chi connectivity index (χ0) is 41.9. The topological polar surface area (TPSA) is 66.6 Å². The molecule has 5 aromatic heterocycles. The summed E-state index contributed by atoms with van der Waals surface area (Å²) < 4.78 is 13.4. The van der Waals surface area contributed by atoms with Crippen molar-refractivity contribution in [3.05, 3.63) is 206 Å². The molecule has 0 aliphatic rings. The van der Waals surface area contributed by atoms with Gasteiger partial charge in [0.2, 0.25) is 5.95 Å². The maximum Gasteiger partial charge on any atom is 0.238 e. The summed E-state index contributed by atoms with van der Waals surface area (Å²) in [4.78, 5) is 15.9. The van der Waals surface area contributed by atoms with Crippen molar-refractivity contribution in [3.8, 4) is 40.1 Å². The highest BCUT2D eigenvalue weighted by Gasteiger charge is 2.24. The molecule has 14 aromatic rings. The highest BCUT2D eigenvalue weighted by molar-refractivity contribution is 6.23. The predicted octanol–water partition coefficient (Wildman–Crippen LogP) is 14.4. The lowest BCUT2D eigenvalue weighted by atomic mass is 10.1. The summed E-state index contributed by atoms with van der Waals surface area (Å²) in [5.74, 6) is 1.70. The Hall–Kier alpha value is -8.81. The fourth-order valence-electron chi connectivity index (χ4n) is 10.1. The van der Waals surface area contributed by atoms with Gasteiger partial charge in [-0.05, 0) is 72.8 Å². The molecule has 7 nitrogen and oxygen atoms in total. The van der Waals surface area contributed by atoms with Gasteiger partial charge in [0.05, 0.1) is 33.1 Å². The molecule has 0 spiro atoms. The molecule has 0 bridgehead atoms. The standard InChI is InChI=1S/C57H34N6O/c1-4-17-35(18-5-1)55-58-56(41-26-16-30-53-54(41)40-25-12-15-29-52(40)64-53)60-57(59-55)63-47-28-14-11-24-39(47)43-32-45-44-31-42-38-23-10-13-27-46(38)61(36-19-6-2-7-20-36)48(42)33-49(44)62(50(45)34-51(43)63)37-21-8-3-9-22-37/h1-34H. The van der Waals surface area contributed by atoms with Crippen molar-refractivity contribution in [2.45, 2.75) is 0 Å². The number of furan rings is 1. The summed E-state index contributed by atoms with van der Waals surface area (Å²) in [5, 5.41) is 9.04. The fraction of sp³-hybridized carbons (Fsp3) is 0. The molecular weight excluding hydrogens is 785 g/mol. The maximum absolute atomic E-state index is 6.35. The molecule has 0 unspecified atom stereocenters. The number of rotatable bonds is 5. The minimum Gasteiger partial charge on any atom is -0.456 e. The van der Waals surface area contributed by atoms with E-state index in [1.54, 1.807) is 0 Å². The number of fused-ring (bicyclic) bond motifs is 12. The summed E-state index contributed by atoms with van der Waals surface area (Å²) in [6.45, 7) is 0. The molecule has 0 atom stereocenters. The van der Waals surface area contributed by atoms with Gasteiger partial charge < -0.3 is 13.6 Å². The number of hydrogen-bond donors (Lipinski definition) is 0. The first-order valence-electron chi connectivity index (χ1n) is 21.5. The van der Waals surface area contributed by atoms with E-state index in [0.717, 1.165) is 82.8 Å². The lowest BCUT2D eigenvalue weighted by Gasteiger charge is -2.12. The van der Waals surface area contributed by atoms with Gasteiger partial charge >= 0.3 is 0 Å². The van der Waals surface area contributed by atoms with Gasteiger partial charge in [-0.15, -0.1) is 0 Å². The van der Waals surface area contributed by atoms with Crippen LogP contribution < -0.4 is 0 Å². The number of hydrogen-bond acceptors (Lipinski definition) is 4. The van der Waals surface area contributed by atoms with E-state index in [-0.39, 0.29) is 0 Å². The predicted molar refractivity (Wildman–Crippen MR) is 261 cm³/mol. The van der Waals surface area contributed by atoms with Crippen molar-refractivity contribution in [1.82, 2.24) is 28.7 Å². The second-order valence-corrected chi connectivity index (χ2v) is 16.4. The Morgan fingerprint density at radius 2 is 0.781 bits per heavy atom. The fourth-order valence-corrected chi connectivity index (χ4v) is 10.1. The molecule has 5 heterocycles. The van der Waals surface area contributed by atoms with E-state index in [1.165, 1.54) is 27.1 Å². The molecule has 0 N–H and O–H groups in total. The monoisotopic (exact) mass is 818 g/mol. The molecule has 14 rings (SSSR count). The van der Waals surface area contributed by atoms with Crippen LogP contribution in [0.5, 0.6) is 0 Å². The Labute approximate surface area is 365 Å². The molecule has 0 radical (unpaired) electrons. The Kier molecular flexibility index (Phi) is 7.27. The highest BCUT2D eigenvalue weighted by Crippen LogP contribution is 2.43. The molecule has 298 valence electrons. The normalized spacial score (nSPS) is 12.1. The minimum atomic E-state index is 0.538. The second kappa shape index (κ2) is 13.3. The molecule has 0 amide bonds. The SMILES string of the molecule is c1ccc(-c2nc(-c3cccc4oc5ccccc5c34)nc(-n3c4ccccc4c4cc5c6cc7c8ccccc8n(-c8ccccc8)c7cc6n(-c6ccccc6)c5cc43)n2)cc1. The van der Waals surface area contributed by atoms with Gasteiger partial charge in [0, 0.05) is 65.6 Å². The first-order valence-corrected chi connectivity index (χ1v) is 21.5. The van der Waals surface area contributed by atoms with Crippen LogP contribution in [-0.4, -0.2) is 28.7 Å². The van der Waals surface area contributed by atoms with Crippen molar-refractivity contribution in [2.24, 2.45) is 0 Å². The van der Waals surface area contributed by atoms with Crippen LogP contribution in [0.2, 0.25) is 0 Å². The third-order valence-corrected chi connectivity index (χ3v) is 12.9. The van der Waals surface area contributed by atoms with Gasteiger partial charge in [0.15, 0.2) is 11.6 Å². The van der Waals surface area contributed by atoms with E-state index >= 15 is 0 Å². The van der Waals surface area contributed by atoms with Crippen LogP contribution in [0.4, 0.5) is 0 Å². The lowest BCUT2D eigenvalue weighted by molar-refractivity contribution is 0.669. The average Bonchev–Trinajstić information content (AvgIpc) is 4.09. The Bertz CT molecular complexity index is 4180. The zero-order valence-electron chi connectivity index (χ0n) is 34.2. The Morgan fingerprint density at radius 1 is 0.312 bits per heavy atom. The minimum absolute atomic E-state index is 0.538. The highest BCUT2D eigenvalue weighted by atomic mass is 16.3. The molecule has 0 aliphatic heterocycles. The first kappa shape index (κ1) is 34.9. The van der Waals surface area contributed by atoms with Crippen LogP contribution >= 0.6 is 0 Å². The Balaban J connectivity index is 1.10. The van der Waals surface area contributed by atoms with Crippen LogP contribution in [-0.2, 0) is 0 Å². The van der Waals surface area contributed by atoms with Crippen molar-refractivity contribution in [1.29, 1.82) is 0 Å². The van der Waals surface area contributed by atoms with Crippen LogP contribution in [0, 0.1) is 0 Å². The van der Waals surface area contributed by atoms with Crippen LogP contribution in [0.25, 0.3) is 127 Å². The van der Waals surface area contributed by atoms with Crippen molar-refractivity contribution in [2.75, 3.05) is 0 Å². The third-order valence-electron chi connectivity index (χ3n) is 12.9. The molecule has 0 fully saturated rings. The van der Waals surface area contributed by atoms with E-state index in [2.05, 4.69) is 171 Å². The molecule has 9 aromatic carbocycles. The molecule has 0 aliphatic carbocycles. The second-order valence-electron chi connectivity index (χ2n) is 16.4. The number of para-hydroxylation sites is 5.